The number of rotatable bonds is 1. The van der Waals surface area contributed by atoms with Gasteiger partial charge in [-0.2, -0.15) is 0 Å². The fraction of sp³-hybridized carbons (Fsp3) is 1.00. The molecule has 48 valence electrons. The Balaban J connectivity index is 2.22. The quantitative estimate of drug-likeness (QED) is 0.537. The normalized spacial score (nSPS) is 38.2. The highest BCUT2D eigenvalue weighted by Crippen LogP contribution is 2.17. The van der Waals surface area contributed by atoms with Crippen LogP contribution in [0.3, 0.4) is 0 Å². The molecule has 2 unspecified atom stereocenters. The van der Waals surface area contributed by atoms with Crippen LogP contribution >= 0.6 is 0 Å². The lowest BCUT2D eigenvalue weighted by molar-refractivity contribution is 0.0576. The minimum Gasteiger partial charge on any atom is -0.394 e. The minimum atomic E-state index is 0.130. The third kappa shape index (κ3) is 1.20. The van der Waals surface area contributed by atoms with Gasteiger partial charge in [0.25, 0.3) is 0 Å². The molecule has 0 aromatic carbocycles. The van der Waals surface area contributed by atoms with Crippen LogP contribution in [0, 0.1) is 5.92 Å². The Bertz CT molecular complexity index is 72.9. The van der Waals surface area contributed by atoms with E-state index in [1.165, 1.54) is 0 Å². The van der Waals surface area contributed by atoms with Crippen molar-refractivity contribution in [3.8, 4) is 0 Å². The highest BCUT2D eigenvalue weighted by molar-refractivity contribution is 4.68. The maximum absolute atomic E-state index is 8.56. The number of ether oxygens (including phenoxy) is 1. The zero-order chi connectivity index (χ0) is 5.98. The average Bonchev–Trinajstić information content (AvgIpc) is 2.14. The topological polar surface area (TPSA) is 29.5 Å². The first-order chi connectivity index (χ1) is 3.83. The fourth-order valence-electron chi connectivity index (χ4n) is 1.01. The summed E-state index contributed by atoms with van der Waals surface area (Å²) in [4.78, 5) is 0. The van der Waals surface area contributed by atoms with Crippen molar-refractivity contribution >= 4 is 0 Å². The van der Waals surface area contributed by atoms with Crippen LogP contribution < -0.4 is 0 Å². The molecule has 0 aliphatic carbocycles. The van der Waals surface area contributed by atoms with E-state index in [-0.39, 0.29) is 12.7 Å². The number of hydrogen-bond acceptors (Lipinski definition) is 2. The smallest absolute Gasteiger partial charge is 0.0809 e. The van der Waals surface area contributed by atoms with Gasteiger partial charge in [0.15, 0.2) is 0 Å². The van der Waals surface area contributed by atoms with Gasteiger partial charge >= 0.3 is 0 Å². The Labute approximate surface area is 49.5 Å². The maximum Gasteiger partial charge on any atom is 0.0809 e. The number of aliphatic hydroxyl groups excluding tert-OH is 1. The second kappa shape index (κ2) is 2.46. The lowest BCUT2D eigenvalue weighted by Crippen LogP contribution is -2.09. The third-order valence-corrected chi connectivity index (χ3v) is 1.49. The molecule has 8 heavy (non-hydrogen) atoms. The molecular formula is C6H12O2. The second-order valence-electron chi connectivity index (χ2n) is 2.48. The highest BCUT2D eigenvalue weighted by atomic mass is 16.5. The Hall–Kier alpha value is -0.0800. The van der Waals surface area contributed by atoms with Crippen LogP contribution in [0.15, 0.2) is 0 Å². The molecule has 0 radical (unpaired) electrons. The van der Waals surface area contributed by atoms with Crippen LogP contribution in [0.4, 0.5) is 0 Å². The van der Waals surface area contributed by atoms with E-state index in [4.69, 9.17) is 9.84 Å². The van der Waals surface area contributed by atoms with E-state index in [0.717, 1.165) is 13.0 Å². The van der Waals surface area contributed by atoms with Gasteiger partial charge in [-0.1, -0.05) is 6.92 Å². The first kappa shape index (κ1) is 6.05. The van der Waals surface area contributed by atoms with E-state index in [1.54, 1.807) is 0 Å². The van der Waals surface area contributed by atoms with Crippen molar-refractivity contribution in [2.75, 3.05) is 13.2 Å². The summed E-state index contributed by atoms with van der Waals surface area (Å²) >= 11 is 0. The van der Waals surface area contributed by atoms with Gasteiger partial charge in [-0.3, -0.25) is 0 Å². The second-order valence-corrected chi connectivity index (χ2v) is 2.48. The molecule has 0 aromatic heterocycles. The molecule has 0 amide bonds. The van der Waals surface area contributed by atoms with Crippen molar-refractivity contribution in [1.29, 1.82) is 0 Å². The molecule has 2 heteroatoms. The summed E-state index contributed by atoms with van der Waals surface area (Å²) in [7, 11) is 0. The molecule has 0 saturated carbocycles. The lowest BCUT2D eigenvalue weighted by Gasteiger charge is -2.01. The van der Waals surface area contributed by atoms with Crippen molar-refractivity contribution in [3.63, 3.8) is 0 Å². The summed E-state index contributed by atoms with van der Waals surface area (Å²) in [5.41, 5.74) is 0. The molecule has 1 rings (SSSR count). The van der Waals surface area contributed by atoms with Gasteiger partial charge in [0.2, 0.25) is 0 Å². The first-order valence-corrected chi connectivity index (χ1v) is 3.05. The van der Waals surface area contributed by atoms with Crippen LogP contribution in [0.5, 0.6) is 0 Å². The van der Waals surface area contributed by atoms with Gasteiger partial charge in [0.05, 0.1) is 12.7 Å². The minimum absolute atomic E-state index is 0.130. The Morgan fingerprint density at radius 3 is 2.75 bits per heavy atom. The third-order valence-electron chi connectivity index (χ3n) is 1.49. The van der Waals surface area contributed by atoms with Gasteiger partial charge in [-0.15, -0.1) is 0 Å². The zero-order valence-electron chi connectivity index (χ0n) is 5.13. The molecule has 0 bridgehead atoms. The summed E-state index contributed by atoms with van der Waals surface area (Å²) in [5.74, 6) is 0.646. The molecule has 1 aliphatic rings. The standard InChI is InChI=1S/C6H12O2/c1-5-2-6(3-7)8-4-5/h5-7H,2-4H2,1H3. The van der Waals surface area contributed by atoms with Crippen molar-refractivity contribution in [1.82, 2.24) is 0 Å². The van der Waals surface area contributed by atoms with Gasteiger partial charge in [-0.05, 0) is 12.3 Å². The summed E-state index contributed by atoms with van der Waals surface area (Å²) in [5, 5.41) is 8.56. The molecule has 1 fully saturated rings. The summed E-state index contributed by atoms with van der Waals surface area (Å²) in [6.07, 6.45) is 1.15. The highest BCUT2D eigenvalue weighted by Gasteiger charge is 2.20. The summed E-state index contributed by atoms with van der Waals surface area (Å²) < 4.78 is 5.16. The van der Waals surface area contributed by atoms with Crippen LogP contribution in [0.25, 0.3) is 0 Å². The molecule has 1 saturated heterocycles. The number of aliphatic hydroxyl groups is 1. The van der Waals surface area contributed by atoms with Crippen LogP contribution in [0.2, 0.25) is 0 Å². The average molecular weight is 116 g/mol. The van der Waals surface area contributed by atoms with E-state index in [2.05, 4.69) is 6.92 Å². The lowest BCUT2D eigenvalue weighted by atomic mass is 10.1. The molecule has 1 aliphatic heterocycles. The van der Waals surface area contributed by atoms with E-state index in [1.807, 2.05) is 0 Å². The molecule has 0 aromatic rings. The fourth-order valence-corrected chi connectivity index (χ4v) is 1.01. The van der Waals surface area contributed by atoms with E-state index >= 15 is 0 Å². The predicted octanol–water partition coefficient (Wildman–Crippen LogP) is 0.404. The maximum atomic E-state index is 8.56. The van der Waals surface area contributed by atoms with Crippen molar-refractivity contribution in [3.05, 3.63) is 0 Å². The summed E-state index contributed by atoms with van der Waals surface area (Å²) in [6, 6.07) is 0. The van der Waals surface area contributed by atoms with Crippen LogP contribution in [-0.2, 0) is 4.74 Å². The van der Waals surface area contributed by atoms with E-state index in [9.17, 15) is 0 Å². The van der Waals surface area contributed by atoms with Crippen LogP contribution in [-0.4, -0.2) is 24.4 Å². The Morgan fingerprint density at radius 2 is 2.50 bits per heavy atom. The van der Waals surface area contributed by atoms with Crippen molar-refractivity contribution in [2.24, 2.45) is 5.92 Å². The van der Waals surface area contributed by atoms with E-state index < -0.39 is 0 Å². The van der Waals surface area contributed by atoms with Gasteiger partial charge < -0.3 is 9.84 Å². The largest absolute Gasteiger partial charge is 0.394 e. The molecule has 2 nitrogen and oxygen atoms in total. The monoisotopic (exact) mass is 116 g/mol. The molecular weight excluding hydrogens is 104 g/mol. The van der Waals surface area contributed by atoms with Gasteiger partial charge in [0.1, 0.15) is 0 Å². The Kier molecular flexibility index (Phi) is 1.86. The predicted molar refractivity (Wildman–Crippen MR) is 30.6 cm³/mol. The zero-order valence-corrected chi connectivity index (χ0v) is 5.13. The molecule has 0 spiro atoms. The molecule has 2 atom stereocenters. The molecule has 1 heterocycles. The van der Waals surface area contributed by atoms with Gasteiger partial charge in [-0.25, -0.2) is 0 Å². The van der Waals surface area contributed by atoms with Gasteiger partial charge in [0, 0.05) is 6.61 Å². The van der Waals surface area contributed by atoms with Crippen molar-refractivity contribution in [2.45, 2.75) is 19.4 Å². The first-order valence-electron chi connectivity index (χ1n) is 3.05. The molecule has 1 N–H and O–H groups in total. The van der Waals surface area contributed by atoms with Crippen molar-refractivity contribution < 1.29 is 9.84 Å². The van der Waals surface area contributed by atoms with Crippen LogP contribution in [0.1, 0.15) is 13.3 Å². The Morgan fingerprint density at radius 1 is 1.75 bits per heavy atom. The number of hydrogen-bond donors (Lipinski definition) is 1. The SMILES string of the molecule is CC1COC(CO)C1. The van der Waals surface area contributed by atoms with E-state index in [0.29, 0.717) is 5.92 Å². The summed E-state index contributed by atoms with van der Waals surface area (Å²) in [6.45, 7) is 3.14.